The van der Waals surface area contributed by atoms with Gasteiger partial charge in [-0.25, -0.2) is 17.6 Å². The second kappa shape index (κ2) is 29.6. The molecule has 7 rings (SSSR count). The van der Waals surface area contributed by atoms with Crippen molar-refractivity contribution >= 4 is 46.4 Å². The van der Waals surface area contributed by atoms with E-state index in [1.165, 1.54) is 52.1 Å². The fourth-order valence-electron chi connectivity index (χ4n) is 4.33. The molecule has 8 heteroatoms. The number of hydrogen-bond donors (Lipinski definition) is 0. The van der Waals surface area contributed by atoms with E-state index in [4.69, 9.17) is 46.4 Å². The molecule has 318 valence electrons. The van der Waals surface area contributed by atoms with Gasteiger partial charge in [0.1, 0.15) is 11.6 Å². The van der Waals surface area contributed by atoms with Crippen LogP contribution in [-0.4, -0.2) is 0 Å². The molecule has 0 saturated carbocycles. The van der Waals surface area contributed by atoms with Crippen LogP contribution in [0.5, 0.6) is 0 Å². The summed E-state index contributed by atoms with van der Waals surface area (Å²) < 4.78 is 48.9. The van der Waals surface area contributed by atoms with Gasteiger partial charge < -0.3 is 0 Å². The molecule has 0 saturated heterocycles. The second-order valence-corrected chi connectivity index (χ2v) is 15.5. The molecule has 0 unspecified atom stereocenters. The van der Waals surface area contributed by atoms with Crippen molar-refractivity contribution in [2.24, 2.45) is 0 Å². The molecule has 7 aromatic rings. The van der Waals surface area contributed by atoms with Crippen LogP contribution in [0.4, 0.5) is 17.6 Å². The van der Waals surface area contributed by atoms with E-state index in [2.05, 4.69) is 76.2 Å². The summed E-state index contributed by atoms with van der Waals surface area (Å²) in [6.45, 7) is 17.9. The summed E-state index contributed by atoms with van der Waals surface area (Å²) in [5, 5.41) is 2.22. The summed E-state index contributed by atoms with van der Waals surface area (Å²) in [6, 6.07) is 45.4. The van der Waals surface area contributed by atoms with Gasteiger partial charge in [-0.05, 0) is 145 Å². The van der Waals surface area contributed by atoms with Crippen LogP contribution in [-0.2, 0) is 6.42 Å². The average molecular weight is 897 g/mol. The SMILES string of the molecule is CCc1ccc(C)cc1.Cc1ccc(C)cc1.Cc1ccc(Cl)c(Cl)c1.Cc1ccc(Cl)c(F)c1.Cc1ccc(Cl)cc1.Cc1ccc(F)c(F)c1.Cc1ccc(F)cc1. The van der Waals surface area contributed by atoms with Crippen molar-refractivity contribution in [3.05, 3.63) is 245 Å². The molecule has 0 bridgehead atoms. The highest BCUT2D eigenvalue weighted by atomic mass is 35.5. The topological polar surface area (TPSA) is 0 Å². The maximum atomic E-state index is 12.4. The van der Waals surface area contributed by atoms with Crippen LogP contribution in [0.3, 0.4) is 0 Å². The minimum Gasteiger partial charge on any atom is -0.207 e. The first kappa shape index (κ1) is 53.4. The molecule has 0 N–H and O–H groups in total. The molecule has 0 nitrogen and oxygen atoms in total. The quantitative estimate of drug-likeness (QED) is 0.144. The number of halogens is 8. The predicted octanol–water partition coefficient (Wildman–Crippen LogP) is 18.0. The van der Waals surface area contributed by atoms with Crippen LogP contribution in [0, 0.1) is 78.7 Å². The smallest absolute Gasteiger partial charge is 0.159 e. The predicted molar refractivity (Wildman–Crippen MR) is 252 cm³/mol. The monoisotopic (exact) mass is 894 g/mol. The third kappa shape index (κ3) is 25.1. The summed E-state index contributed by atoms with van der Waals surface area (Å²) in [7, 11) is 0. The van der Waals surface area contributed by atoms with Crippen molar-refractivity contribution in [3.63, 3.8) is 0 Å². The molecule has 0 amide bonds. The first-order valence-electron chi connectivity index (χ1n) is 19.1. The lowest BCUT2D eigenvalue weighted by molar-refractivity contribution is 0.508. The van der Waals surface area contributed by atoms with Crippen molar-refractivity contribution in [2.75, 3.05) is 0 Å². The maximum Gasteiger partial charge on any atom is 0.159 e. The third-order valence-corrected chi connectivity index (χ3v) is 9.29. The van der Waals surface area contributed by atoms with Crippen LogP contribution in [0.2, 0.25) is 20.1 Å². The lowest BCUT2D eigenvalue weighted by atomic mass is 10.1. The number of rotatable bonds is 1. The lowest BCUT2D eigenvalue weighted by Crippen LogP contribution is -1.82. The highest BCUT2D eigenvalue weighted by molar-refractivity contribution is 6.42. The molecule has 7 aromatic carbocycles. The number of benzene rings is 7. The van der Waals surface area contributed by atoms with Gasteiger partial charge in [0.2, 0.25) is 0 Å². The van der Waals surface area contributed by atoms with E-state index in [-0.39, 0.29) is 16.7 Å². The van der Waals surface area contributed by atoms with Crippen LogP contribution < -0.4 is 0 Å². The maximum absolute atomic E-state index is 12.4. The zero-order valence-electron chi connectivity index (χ0n) is 35.7. The second-order valence-electron chi connectivity index (χ2n) is 13.8. The normalized spacial score (nSPS) is 9.48. The fraction of sp³-hybridized carbons (Fsp3) is 0.192. The largest absolute Gasteiger partial charge is 0.207 e. The van der Waals surface area contributed by atoms with E-state index in [0.717, 1.165) is 45.8 Å². The molecule has 0 aliphatic carbocycles. The number of hydrogen-bond acceptors (Lipinski definition) is 0. The minimum atomic E-state index is -0.791. The molecule has 0 fully saturated rings. The lowest BCUT2D eigenvalue weighted by Gasteiger charge is -1.94. The Kier molecular flexibility index (Phi) is 26.4. The van der Waals surface area contributed by atoms with Gasteiger partial charge in [-0.15, -0.1) is 0 Å². The highest BCUT2D eigenvalue weighted by Crippen LogP contribution is 2.21. The van der Waals surface area contributed by atoms with Crippen molar-refractivity contribution in [1.29, 1.82) is 0 Å². The molecule has 0 atom stereocenters. The van der Waals surface area contributed by atoms with E-state index in [1.807, 2.05) is 64.1 Å². The van der Waals surface area contributed by atoms with E-state index in [0.29, 0.717) is 10.0 Å². The molecule has 0 heterocycles. The van der Waals surface area contributed by atoms with E-state index >= 15 is 0 Å². The standard InChI is InChI=1S/C9H12.C8H10.C7H6Cl2.C7H6ClF.C7H7Cl.C7H6F2.C7H7F/c1-3-9-6-4-8(2)5-7-9;1-7-3-5-8(2)6-4-7;2*1-5-2-3-6(8)7(9)4-5;1-6-2-4-7(8)5-3-6;1-5-2-3-6(8)7(9)4-5;1-6-2-4-7(8)5-3-6/h4-7H,3H2,1-2H3;3-6H,1-2H3;2*2-4H,1H3;2-5H,1H3;2-4H,1H3;2-5H,1H3. The minimum absolute atomic E-state index is 0.171. The molecule has 0 radical (unpaired) electrons. The van der Waals surface area contributed by atoms with Gasteiger partial charge in [0, 0.05) is 5.02 Å². The average Bonchev–Trinajstić information content (AvgIpc) is 3.22. The molecular weight excluding hydrogens is 842 g/mol. The molecule has 0 spiro atoms. The van der Waals surface area contributed by atoms with Gasteiger partial charge in [-0.1, -0.05) is 172 Å². The van der Waals surface area contributed by atoms with E-state index in [1.54, 1.807) is 37.3 Å². The van der Waals surface area contributed by atoms with Gasteiger partial charge in [0.25, 0.3) is 0 Å². The molecular formula is C52H54Cl4F4. The van der Waals surface area contributed by atoms with Crippen molar-refractivity contribution < 1.29 is 17.6 Å². The van der Waals surface area contributed by atoms with Gasteiger partial charge >= 0.3 is 0 Å². The zero-order valence-corrected chi connectivity index (χ0v) is 38.7. The third-order valence-electron chi connectivity index (χ3n) is 7.99. The molecule has 60 heavy (non-hydrogen) atoms. The fourth-order valence-corrected chi connectivity index (χ4v) is 4.93. The van der Waals surface area contributed by atoms with Crippen LogP contribution in [0.15, 0.2) is 152 Å². The molecule has 0 aromatic heterocycles. The first-order chi connectivity index (χ1) is 28.3. The van der Waals surface area contributed by atoms with E-state index in [9.17, 15) is 17.6 Å². The van der Waals surface area contributed by atoms with Gasteiger partial charge in [0.15, 0.2) is 11.6 Å². The first-order valence-corrected chi connectivity index (χ1v) is 20.6. The van der Waals surface area contributed by atoms with E-state index < -0.39 is 11.6 Å². The Bertz CT molecular complexity index is 1950. The summed E-state index contributed by atoms with van der Waals surface area (Å²) >= 11 is 22.3. The summed E-state index contributed by atoms with van der Waals surface area (Å²) in [4.78, 5) is 0. The van der Waals surface area contributed by atoms with Gasteiger partial charge in [-0.2, -0.15) is 0 Å². The van der Waals surface area contributed by atoms with Gasteiger partial charge in [0.05, 0.1) is 15.1 Å². The zero-order chi connectivity index (χ0) is 45.2. The van der Waals surface area contributed by atoms with Crippen LogP contribution >= 0.6 is 46.4 Å². The molecule has 0 aliphatic rings. The van der Waals surface area contributed by atoms with Crippen molar-refractivity contribution in [1.82, 2.24) is 0 Å². The Balaban J connectivity index is 0.000000350. The van der Waals surface area contributed by atoms with Crippen molar-refractivity contribution in [3.8, 4) is 0 Å². The van der Waals surface area contributed by atoms with Gasteiger partial charge in [-0.3, -0.25) is 0 Å². The highest BCUT2D eigenvalue weighted by Gasteiger charge is 1.98. The Labute approximate surface area is 375 Å². The summed E-state index contributed by atoms with van der Waals surface area (Å²) in [5.41, 5.74) is 10.5. The molecule has 0 aliphatic heterocycles. The van der Waals surface area contributed by atoms with Crippen molar-refractivity contribution in [2.45, 2.75) is 68.7 Å². The summed E-state index contributed by atoms with van der Waals surface area (Å²) in [5.74, 6) is -2.09. The number of aryl methyl sites for hydroxylation is 9. The van der Waals surface area contributed by atoms with Crippen LogP contribution in [0.25, 0.3) is 0 Å². The summed E-state index contributed by atoms with van der Waals surface area (Å²) in [6.07, 6.45) is 1.14. The Morgan fingerprint density at radius 2 is 0.650 bits per heavy atom. The van der Waals surface area contributed by atoms with Crippen LogP contribution in [0.1, 0.15) is 57.0 Å². The Hall–Kier alpha value is -4.58. The Morgan fingerprint density at radius 3 is 0.967 bits per heavy atom. The Morgan fingerprint density at radius 1 is 0.317 bits per heavy atom.